The van der Waals surface area contributed by atoms with E-state index in [-0.39, 0.29) is 0 Å². The van der Waals surface area contributed by atoms with Gasteiger partial charge in [-0.3, -0.25) is 4.79 Å². The molecule has 4 heteroatoms. The van der Waals surface area contributed by atoms with E-state index in [1.807, 2.05) is 25.1 Å². The first kappa shape index (κ1) is 9.02. The molecule has 0 atom stereocenters. The fraction of sp³-hybridized carbons (Fsp3) is 0.100. The van der Waals surface area contributed by atoms with Crippen molar-refractivity contribution in [2.75, 3.05) is 5.73 Å². The van der Waals surface area contributed by atoms with Gasteiger partial charge in [-0.2, -0.15) is 0 Å². The largest absolute Gasteiger partial charge is 0.397 e. The number of hydrogen-bond donors (Lipinski definition) is 2. The van der Waals surface area contributed by atoms with Crippen molar-refractivity contribution in [1.29, 1.82) is 0 Å². The highest BCUT2D eigenvalue weighted by molar-refractivity contribution is 7.21. The Morgan fingerprint density at radius 3 is 2.71 bits per heavy atom. The van der Waals surface area contributed by atoms with Crippen LogP contribution in [0.15, 0.2) is 18.2 Å². The minimum atomic E-state index is -0.455. The fourth-order valence-corrected chi connectivity index (χ4v) is 2.58. The zero-order valence-corrected chi connectivity index (χ0v) is 8.52. The van der Waals surface area contributed by atoms with Gasteiger partial charge in [0.1, 0.15) is 4.88 Å². The highest BCUT2D eigenvalue weighted by atomic mass is 32.1. The summed E-state index contributed by atoms with van der Waals surface area (Å²) in [6.45, 7) is 1.97. The molecule has 1 heterocycles. The highest BCUT2D eigenvalue weighted by Crippen LogP contribution is 2.35. The fourth-order valence-electron chi connectivity index (χ4n) is 1.53. The van der Waals surface area contributed by atoms with Crippen LogP contribution in [-0.2, 0) is 0 Å². The van der Waals surface area contributed by atoms with Crippen molar-refractivity contribution in [3.63, 3.8) is 0 Å². The summed E-state index contributed by atoms with van der Waals surface area (Å²) in [4.78, 5) is 11.5. The number of aryl methyl sites for hydroxylation is 1. The number of benzene rings is 1. The van der Waals surface area contributed by atoms with Crippen molar-refractivity contribution in [3.05, 3.63) is 28.6 Å². The SMILES string of the molecule is Cc1cccc2sc(C(N)=O)c(N)c12. The Bertz CT molecular complexity index is 516. The lowest BCUT2D eigenvalue weighted by atomic mass is 10.1. The Morgan fingerprint density at radius 1 is 1.43 bits per heavy atom. The van der Waals surface area contributed by atoms with Crippen LogP contribution in [0.5, 0.6) is 0 Å². The second-order valence-corrected chi connectivity index (χ2v) is 4.21. The number of anilines is 1. The molecule has 0 saturated carbocycles. The van der Waals surface area contributed by atoms with Crippen LogP contribution in [-0.4, -0.2) is 5.91 Å². The quantitative estimate of drug-likeness (QED) is 0.748. The third-order valence-electron chi connectivity index (χ3n) is 2.18. The molecule has 0 aliphatic heterocycles. The van der Waals surface area contributed by atoms with Crippen molar-refractivity contribution < 1.29 is 4.79 Å². The van der Waals surface area contributed by atoms with Crippen molar-refractivity contribution in [3.8, 4) is 0 Å². The smallest absolute Gasteiger partial charge is 0.260 e. The van der Waals surface area contributed by atoms with Gasteiger partial charge < -0.3 is 11.5 Å². The molecule has 2 rings (SSSR count). The Kier molecular flexibility index (Phi) is 1.93. The van der Waals surface area contributed by atoms with Gasteiger partial charge in [-0.25, -0.2) is 0 Å². The Hall–Kier alpha value is -1.55. The van der Waals surface area contributed by atoms with E-state index in [1.165, 1.54) is 11.3 Å². The number of carbonyl (C=O) groups is 1. The minimum absolute atomic E-state index is 0.453. The summed E-state index contributed by atoms with van der Waals surface area (Å²) in [5, 5.41) is 0.950. The number of carbonyl (C=O) groups excluding carboxylic acids is 1. The van der Waals surface area contributed by atoms with Gasteiger partial charge in [-0.1, -0.05) is 12.1 Å². The van der Waals surface area contributed by atoms with Crippen LogP contribution in [0.3, 0.4) is 0 Å². The molecule has 0 radical (unpaired) electrons. The molecule has 1 amide bonds. The van der Waals surface area contributed by atoms with Crippen LogP contribution >= 0.6 is 11.3 Å². The lowest BCUT2D eigenvalue weighted by molar-refractivity contribution is 0.100. The van der Waals surface area contributed by atoms with Crippen molar-refractivity contribution >= 4 is 33.0 Å². The first-order valence-electron chi connectivity index (χ1n) is 4.18. The van der Waals surface area contributed by atoms with Gasteiger partial charge in [0.05, 0.1) is 5.69 Å². The summed E-state index contributed by atoms with van der Waals surface area (Å²) in [5.41, 5.74) is 12.7. The lowest BCUT2D eigenvalue weighted by Gasteiger charge is -1.96. The number of nitrogens with two attached hydrogens (primary N) is 2. The van der Waals surface area contributed by atoms with Crippen LogP contribution in [0, 0.1) is 6.92 Å². The Balaban J connectivity index is 2.87. The zero-order chi connectivity index (χ0) is 10.3. The first-order valence-corrected chi connectivity index (χ1v) is 5.00. The summed E-state index contributed by atoms with van der Waals surface area (Å²) in [6, 6.07) is 5.85. The van der Waals surface area contributed by atoms with Crippen LogP contribution in [0.4, 0.5) is 5.69 Å². The van der Waals surface area contributed by atoms with Crippen LogP contribution in [0.2, 0.25) is 0 Å². The number of thiophene rings is 1. The van der Waals surface area contributed by atoms with Crippen molar-refractivity contribution in [2.24, 2.45) is 5.73 Å². The molecular formula is C10H10N2OS. The van der Waals surface area contributed by atoms with Crippen LogP contribution in [0.1, 0.15) is 15.2 Å². The minimum Gasteiger partial charge on any atom is -0.397 e. The number of hydrogen-bond acceptors (Lipinski definition) is 3. The second kappa shape index (κ2) is 2.99. The van der Waals surface area contributed by atoms with Gasteiger partial charge in [0.15, 0.2) is 0 Å². The molecule has 4 N–H and O–H groups in total. The van der Waals surface area contributed by atoms with Gasteiger partial charge in [-0.05, 0) is 18.6 Å². The Labute approximate surface area is 85.3 Å². The van der Waals surface area contributed by atoms with E-state index in [2.05, 4.69) is 0 Å². The number of nitrogen functional groups attached to an aromatic ring is 1. The molecule has 14 heavy (non-hydrogen) atoms. The molecule has 2 aromatic rings. The molecule has 72 valence electrons. The highest BCUT2D eigenvalue weighted by Gasteiger charge is 2.14. The van der Waals surface area contributed by atoms with Gasteiger partial charge in [-0.15, -0.1) is 11.3 Å². The van der Waals surface area contributed by atoms with Gasteiger partial charge in [0.2, 0.25) is 0 Å². The molecule has 0 spiro atoms. The van der Waals surface area contributed by atoms with E-state index in [0.717, 1.165) is 15.6 Å². The average molecular weight is 206 g/mol. The predicted octanol–water partition coefficient (Wildman–Crippen LogP) is 1.89. The average Bonchev–Trinajstić information content (AvgIpc) is 2.45. The standard InChI is InChI=1S/C10H10N2OS/c1-5-3-2-4-6-7(5)8(11)9(14-6)10(12)13/h2-4H,11H2,1H3,(H2,12,13). The van der Waals surface area contributed by atoms with E-state index in [0.29, 0.717) is 10.6 Å². The Morgan fingerprint density at radius 2 is 2.14 bits per heavy atom. The van der Waals surface area contributed by atoms with E-state index >= 15 is 0 Å². The van der Waals surface area contributed by atoms with Gasteiger partial charge in [0.25, 0.3) is 5.91 Å². The monoisotopic (exact) mass is 206 g/mol. The number of primary amides is 1. The summed E-state index contributed by atoms with van der Waals surface area (Å²) in [6.07, 6.45) is 0. The van der Waals surface area contributed by atoms with Gasteiger partial charge >= 0.3 is 0 Å². The van der Waals surface area contributed by atoms with Crippen molar-refractivity contribution in [2.45, 2.75) is 6.92 Å². The topological polar surface area (TPSA) is 69.1 Å². The normalized spacial score (nSPS) is 10.6. The maximum absolute atomic E-state index is 11.1. The summed E-state index contributed by atoms with van der Waals surface area (Å²) < 4.78 is 1.01. The van der Waals surface area contributed by atoms with E-state index in [9.17, 15) is 4.79 Å². The van der Waals surface area contributed by atoms with Crippen LogP contribution < -0.4 is 11.5 Å². The molecule has 0 bridgehead atoms. The number of rotatable bonds is 1. The summed E-state index contributed by atoms with van der Waals surface area (Å²) in [7, 11) is 0. The molecule has 0 fully saturated rings. The van der Waals surface area contributed by atoms with Crippen LogP contribution in [0.25, 0.3) is 10.1 Å². The first-order chi connectivity index (χ1) is 6.61. The second-order valence-electron chi connectivity index (χ2n) is 3.16. The van der Waals surface area contributed by atoms with E-state index < -0.39 is 5.91 Å². The maximum Gasteiger partial charge on any atom is 0.260 e. The third kappa shape index (κ3) is 1.15. The van der Waals surface area contributed by atoms with E-state index in [4.69, 9.17) is 11.5 Å². The molecule has 3 nitrogen and oxygen atoms in total. The summed E-state index contributed by atoms with van der Waals surface area (Å²) in [5.74, 6) is -0.455. The molecule has 1 aromatic carbocycles. The maximum atomic E-state index is 11.1. The molecule has 0 aliphatic carbocycles. The third-order valence-corrected chi connectivity index (χ3v) is 3.37. The summed E-state index contributed by atoms with van der Waals surface area (Å²) >= 11 is 1.35. The molecule has 1 aromatic heterocycles. The van der Waals surface area contributed by atoms with Crippen molar-refractivity contribution in [1.82, 2.24) is 0 Å². The molecule has 0 unspecified atom stereocenters. The molecular weight excluding hydrogens is 196 g/mol. The molecule has 0 aliphatic rings. The predicted molar refractivity (Wildman–Crippen MR) is 59.5 cm³/mol. The lowest BCUT2D eigenvalue weighted by Crippen LogP contribution is -2.10. The molecule has 0 saturated heterocycles. The number of amides is 1. The number of fused-ring (bicyclic) bond motifs is 1. The zero-order valence-electron chi connectivity index (χ0n) is 7.70. The van der Waals surface area contributed by atoms with Gasteiger partial charge in [0, 0.05) is 10.1 Å². The van der Waals surface area contributed by atoms with E-state index in [1.54, 1.807) is 0 Å².